The summed E-state index contributed by atoms with van der Waals surface area (Å²) in [6.45, 7) is 2.30. The van der Waals surface area contributed by atoms with Crippen LogP contribution in [0.2, 0.25) is 0 Å². The van der Waals surface area contributed by atoms with Gasteiger partial charge in [0.25, 0.3) is 0 Å². The summed E-state index contributed by atoms with van der Waals surface area (Å²) in [6.07, 6.45) is 9.87. The minimum absolute atomic E-state index is 0.795. The van der Waals surface area contributed by atoms with Crippen molar-refractivity contribution < 1.29 is 0 Å². The highest BCUT2D eigenvalue weighted by Gasteiger charge is 2.22. The zero-order chi connectivity index (χ0) is 12.1. The van der Waals surface area contributed by atoms with Crippen LogP contribution in [0.5, 0.6) is 0 Å². The van der Waals surface area contributed by atoms with Gasteiger partial charge in [0.05, 0.1) is 0 Å². The molecule has 0 spiro atoms. The zero-order valence-corrected chi connectivity index (χ0v) is 12.4. The first-order valence-electron chi connectivity index (χ1n) is 7.05. The van der Waals surface area contributed by atoms with Gasteiger partial charge in [0.2, 0.25) is 0 Å². The van der Waals surface area contributed by atoms with Gasteiger partial charge in [0.1, 0.15) is 0 Å². The predicted molar refractivity (Wildman–Crippen MR) is 78.4 cm³/mol. The average molecular weight is 295 g/mol. The van der Waals surface area contributed by atoms with E-state index in [1.165, 1.54) is 55.0 Å². The van der Waals surface area contributed by atoms with E-state index in [-0.39, 0.29) is 0 Å². The SMILES string of the molecule is CCCCC1CCC(c2ccccc2Br)CC1. The normalized spacial score (nSPS) is 24.8. The maximum atomic E-state index is 3.69. The summed E-state index contributed by atoms with van der Waals surface area (Å²) in [5.41, 5.74) is 1.53. The van der Waals surface area contributed by atoms with E-state index in [1.54, 1.807) is 0 Å². The van der Waals surface area contributed by atoms with Crippen LogP contribution in [-0.2, 0) is 0 Å². The van der Waals surface area contributed by atoms with Crippen molar-refractivity contribution in [2.45, 2.75) is 57.8 Å². The zero-order valence-electron chi connectivity index (χ0n) is 10.8. The van der Waals surface area contributed by atoms with Crippen LogP contribution in [0.1, 0.15) is 63.4 Å². The van der Waals surface area contributed by atoms with Gasteiger partial charge >= 0.3 is 0 Å². The fourth-order valence-corrected chi connectivity index (χ4v) is 3.67. The van der Waals surface area contributed by atoms with Crippen molar-refractivity contribution in [2.24, 2.45) is 5.92 Å². The van der Waals surface area contributed by atoms with Crippen molar-refractivity contribution in [1.29, 1.82) is 0 Å². The fraction of sp³-hybridized carbons (Fsp3) is 0.625. The molecule has 0 N–H and O–H groups in total. The molecule has 17 heavy (non-hydrogen) atoms. The van der Waals surface area contributed by atoms with Crippen LogP contribution < -0.4 is 0 Å². The number of rotatable bonds is 4. The van der Waals surface area contributed by atoms with Gasteiger partial charge in [-0.05, 0) is 49.1 Å². The van der Waals surface area contributed by atoms with Gasteiger partial charge in [-0.15, -0.1) is 0 Å². The molecule has 1 aromatic carbocycles. The Hall–Kier alpha value is -0.300. The molecule has 0 radical (unpaired) electrons. The van der Waals surface area contributed by atoms with Gasteiger partial charge in [-0.1, -0.05) is 60.3 Å². The molecule has 0 aromatic heterocycles. The Balaban J connectivity index is 1.89. The van der Waals surface area contributed by atoms with Crippen LogP contribution in [-0.4, -0.2) is 0 Å². The quantitative estimate of drug-likeness (QED) is 0.647. The molecule has 1 aliphatic rings. The maximum absolute atomic E-state index is 3.69. The van der Waals surface area contributed by atoms with E-state index in [1.807, 2.05) is 0 Å². The molecule has 0 heterocycles. The molecule has 0 saturated heterocycles. The number of unbranched alkanes of at least 4 members (excludes halogenated alkanes) is 1. The summed E-state index contributed by atoms with van der Waals surface area (Å²) in [7, 11) is 0. The van der Waals surface area contributed by atoms with Crippen molar-refractivity contribution in [3.05, 3.63) is 34.3 Å². The van der Waals surface area contributed by atoms with E-state index >= 15 is 0 Å². The molecular weight excluding hydrogens is 272 g/mol. The smallest absolute Gasteiger partial charge is 0.0210 e. The van der Waals surface area contributed by atoms with Crippen LogP contribution in [0.25, 0.3) is 0 Å². The lowest BCUT2D eigenvalue weighted by molar-refractivity contribution is 0.304. The lowest BCUT2D eigenvalue weighted by Crippen LogP contribution is -2.13. The van der Waals surface area contributed by atoms with Gasteiger partial charge in [-0.2, -0.15) is 0 Å². The number of hydrogen-bond acceptors (Lipinski definition) is 0. The van der Waals surface area contributed by atoms with Gasteiger partial charge in [0.15, 0.2) is 0 Å². The molecule has 1 saturated carbocycles. The number of hydrogen-bond donors (Lipinski definition) is 0. The van der Waals surface area contributed by atoms with Crippen LogP contribution in [0.15, 0.2) is 28.7 Å². The van der Waals surface area contributed by atoms with Gasteiger partial charge in [-0.25, -0.2) is 0 Å². The lowest BCUT2D eigenvalue weighted by Gasteiger charge is -2.29. The van der Waals surface area contributed by atoms with Gasteiger partial charge < -0.3 is 0 Å². The minimum Gasteiger partial charge on any atom is -0.0654 e. The Morgan fingerprint density at radius 2 is 1.82 bits per heavy atom. The van der Waals surface area contributed by atoms with Gasteiger partial charge in [-0.3, -0.25) is 0 Å². The molecule has 1 aliphatic carbocycles. The summed E-state index contributed by atoms with van der Waals surface area (Å²) in [6, 6.07) is 8.75. The first-order chi connectivity index (χ1) is 8.31. The molecule has 0 nitrogen and oxygen atoms in total. The van der Waals surface area contributed by atoms with E-state index in [2.05, 4.69) is 47.1 Å². The second-order valence-corrected chi connectivity index (χ2v) is 6.24. The van der Waals surface area contributed by atoms with Crippen LogP contribution >= 0.6 is 15.9 Å². The monoisotopic (exact) mass is 294 g/mol. The average Bonchev–Trinajstić information content (AvgIpc) is 2.38. The largest absolute Gasteiger partial charge is 0.0654 e. The Bertz CT molecular complexity index is 337. The van der Waals surface area contributed by atoms with Crippen molar-refractivity contribution in [2.75, 3.05) is 0 Å². The lowest BCUT2D eigenvalue weighted by atomic mass is 9.77. The van der Waals surface area contributed by atoms with Crippen LogP contribution in [0.3, 0.4) is 0 Å². The summed E-state index contributed by atoms with van der Waals surface area (Å²) >= 11 is 3.69. The van der Waals surface area contributed by atoms with E-state index in [0.717, 1.165) is 11.8 Å². The minimum atomic E-state index is 0.795. The van der Waals surface area contributed by atoms with E-state index in [9.17, 15) is 0 Å². The van der Waals surface area contributed by atoms with Crippen LogP contribution in [0.4, 0.5) is 0 Å². The molecule has 1 aromatic rings. The van der Waals surface area contributed by atoms with E-state index in [0.29, 0.717) is 0 Å². The van der Waals surface area contributed by atoms with E-state index < -0.39 is 0 Å². The standard InChI is InChI=1S/C16H23Br/c1-2-3-6-13-9-11-14(12-10-13)15-7-4-5-8-16(15)17/h4-5,7-8,13-14H,2-3,6,9-12H2,1H3. The fourth-order valence-electron chi connectivity index (χ4n) is 3.06. The van der Waals surface area contributed by atoms with Crippen molar-refractivity contribution in [1.82, 2.24) is 0 Å². The van der Waals surface area contributed by atoms with E-state index in [4.69, 9.17) is 0 Å². The molecule has 0 atom stereocenters. The first-order valence-corrected chi connectivity index (χ1v) is 7.85. The maximum Gasteiger partial charge on any atom is 0.0210 e. The molecule has 0 unspecified atom stereocenters. The highest BCUT2D eigenvalue weighted by Crippen LogP contribution is 2.39. The molecule has 1 heteroatoms. The topological polar surface area (TPSA) is 0 Å². The van der Waals surface area contributed by atoms with Crippen molar-refractivity contribution >= 4 is 15.9 Å². The Kier molecular flexibility index (Phi) is 5.09. The molecule has 0 amide bonds. The molecule has 1 fully saturated rings. The molecule has 0 aliphatic heterocycles. The summed E-state index contributed by atoms with van der Waals surface area (Å²) in [4.78, 5) is 0. The second-order valence-electron chi connectivity index (χ2n) is 5.38. The molecule has 2 rings (SSSR count). The Morgan fingerprint density at radius 1 is 1.12 bits per heavy atom. The summed E-state index contributed by atoms with van der Waals surface area (Å²) in [5.74, 6) is 1.80. The summed E-state index contributed by atoms with van der Waals surface area (Å²) < 4.78 is 1.30. The summed E-state index contributed by atoms with van der Waals surface area (Å²) in [5, 5.41) is 0. The van der Waals surface area contributed by atoms with Gasteiger partial charge in [0, 0.05) is 4.47 Å². The molecular formula is C16H23Br. The number of halogens is 1. The highest BCUT2D eigenvalue weighted by molar-refractivity contribution is 9.10. The second kappa shape index (κ2) is 6.58. The van der Waals surface area contributed by atoms with Crippen LogP contribution in [0, 0.1) is 5.92 Å². The number of benzene rings is 1. The third-order valence-electron chi connectivity index (χ3n) is 4.16. The third-order valence-corrected chi connectivity index (χ3v) is 4.88. The Morgan fingerprint density at radius 3 is 2.47 bits per heavy atom. The third kappa shape index (κ3) is 3.58. The first kappa shape index (κ1) is 13.1. The Labute approximate surface area is 114 Å². The molecule has 94 valence electrons. The molecule has 0 bridgehead atoms. The van der Waals surface area contributed by atoms with Crippen molar-refractivity contribution in [3.63, 3.8) is 0 Å². The highest BCUT2D eigenvalue weighted by atomic mass is 79.9. The van der Waals surface area contributed by atoms with Crippen molar-refractivity contribution in [3.8, 4) is 0 Å². The predicted octanol–water partition coefficient (Wildman–Crippen LogP) is 5.91.